The highest BCUT2D eigenvalue weighted by Crippen LogP contribution is 2.21. The van der Waals surface area contributed by atoms with Crippen molar-refractivity contribution in [1.82, 2.24) is 10.6 Å². The molecule has 1 aromatic carbocycles. The number of benzene rings is 1. The van der Waals surface area contributed by atoms with Gasteiger partial charge in [-0.05, 0) is 52.3 Å². The molecule has 1 amide bonds. The molecule has 4 heteroatoms. The maximum atomic E-state index is 12.3. The number of carbonyl (C=O) groups excluding carboxylic acids is 2. The fourth-order valence-corrected chi connectivity index (χ4v) is 3.46. The second-order valence-electron chi connectivity index (χ2n) is 10.8. The molecule has 4 nitrogen and oxygen atoms in total. The molecule has 1 aromatic rings. The SMILES string of the molecule is CC(C)(C)NCCCCCCCCCCCNC(=O)c1ccc(C(=O)C(C)(C)C)cc1. The van der Waals surface area contributed by atoms with E-state index in [4.69, 9.17) is 0 Å². The van der Waals surface area contributed by atoms with E-state index in [1.54, 1.807) is 24.3 Å². The van der Waals surface area contributed by atoms with Gasteiger partial charge in [-0.25, -0.2) is 0 Å². The van der Waals surface area contributed by atoms with Crippen LogP contribution in [0.4, 0.5) is 0 Å². The number of rotatable bonds is 14. The van der Waals surface area contributed by atoms with Gasteiger partial charge in [0, 0.05) is 28.6 Å². The molecule has 31 heavy (non-hydrogen) atoms. The van der Waals surface area contributed by atoms with Gasteiger partial charge in [-0.15, -0.1) is 0 Å². The van der Waals surface area contributed by atoms with Gasteiger partial charge in [-0.3, -0.25) is 9.59 Å². The second-order valence-corrected chi connectivity index (χ2v) is 10.8. The van der Waals surface area contributed by atoms with Gasteiger partial charge in [0.2, 0.25) is 0 Å². The summed E-state index contributed by atoms with van der Waals surface area (Å²) in [4.78, 5) is 24.5. The molecule has 0 radical (unpaired) electrons. The Bertz CT molecular complexity index is 651. The number of unbranched alkanes of at least 4 members (excludes halogenated alkanes) is 8. The summed E-state index contributed by atoms with van der Waals surface area (Å²) in [6, 6.07) is 6.99. The van der Waals surface area contributed by atoms with Crippen molar-refractivity contribution in [2.24, 2.45) is 5.41 Å². The summed E-state index contributed by atoms with van der Waals surface area (Å²) in [5, 5.41) is 6.53. The lowest BCUT2D eigenvalue weighted by molar-refractivity contribution is 0.0857. The average molecular weight is 431 g/mol. The molecule has 176 valence electrons. The minimum Gasteiger partial charge on any atom is -0.352 e. The van der Waals surface area contributed by atoms with Gasteiger partial charge in [0.15, 0.2) is 5.78 Å². The first-order chi connectivity index (χ1) is 14.5. The van der Waals surface area contributed by atoms with E-state index in [9.17, 15) is 9.59 Å². The molecule has 0 aliphatic heterocycles. The topological polar surface area (TPSA) is 58.2 Å². The van der Waals surface area contributed by atoms with Gasteiger partial charge in [0.05, 0.1) is 0 Å². The Kier molecular flexibility index (Phi) is 12.1. The van der Waals surface area contributed by atoms with Crippen LogP contribution in [0.25, 0.3) is 0 Å². The number of nitrogens with one attached hydrogen (secondary N) is 2. The van der Waals surface area contributed by atoms with Gasteiger partial charge >= 0.3 is 0 Å². The zero-order valence-corrected chi connectivity index (χ0v) is 20.9. The van der Waals surface area contributed by atoms with E-state index < -0.39 is 5.41 Å². The molecule has 1 rings (SSSR count). The highest BCUT2D eigenvalue weighted by atomic mass is 16.1. The summed E-state index contributed by atoms with van der Waals surface area (Å²) in [6.07, 6.45) is 11.3. The Morgan fingerprint density at radius 1 is 0.645 bits per heavy atom. The van der Waals surface area contributed by atoms with Crippen LogP contribution in [-0.2, 0) is 0 Å². The van der Waals surface area contributed by atoms with E-state index in [1.807, 2.05) is 20.8 Å². The predicted molar refractivity (Wildman–Crippen MR) is 132 cm³/mol. The standard InChI is InChI=1S/C27H46N2O2/c1-26(2,3)24(30)22-16-18-23(19-17-22)25(31)28-20-14-12-10-8-7-9-11-13-15-21-29-27(4,5)6/h16-19,29H,7-15,20-21H2,1-6H3,(H,28,31). The quantitative estimate of drug-likeness (QED) is 0.260. The fourth-order valence-electron chi connectivity index (χ4n) is 3.46. The Morgan fingerprint density at radius 3 is 1.52 bits per heavy atom. The first-order valence-corrected chi connectivity index (χ1v) is 12.2. The van der Waals surface area contributed by atoms with Crippen LogP contribution in [0.3, 0.4) is 0 Å². The van der Waals surface area contributed by atoms with Crippen LogP contribution in [0.15, 0.2) is 24.3 Å². The van der Waals surface area contributed by atoms with Crippen LogP contribution < -0.4 is 10.6 Å². The molecule has 0 saturated heterocycles. The van der Waals surface area contributed by atoms with Crippen LogP contribution >= 0.6 is 0 Å². The van der Waals surface area contributed by atoms with E-state index in [-0.39, 0.29) is 17.2 Å². The minimum absolute atomic E-state index is 0.0595. The normalized spacial score (nSPS) is 12.1. The van der Waals surface area contributed by atoms with Crippen LogP contribution in [0, 0.1) is 5.41 Å². The second kappa shape index (κ2) is 13.7. The lowest BCUT2D eigenvalue weighted by Gasteiger charge is -2.20. The number of hydrogen-bond acceptors (Lipinski definition) is 3. The van der Waals surface area contributed by atoms with Gasteiger partial charge in [0.25, 0.3) is 5.91 Å². The zero-order chi connectivity index (χ0) is 23.3. The first kappa shape index (κ1) is 27.4. The van der Waals surface area contributed by atoms with E-state index >= 15 is 0 Å². The molecule has 0 aromatic heterocycles. The molecule has 0 aliphatic rings. The minimum atomic E-state index is -0.409. The zero-order valence-electron chi connectivity index (χ0n) is 20.9. The number of carbonyl (C=O) groups is 2. The van der Waals surface area contributed by atoms with Gasteiger partial charge in [-0.1, -0.05) is 77.8 Å². The summed E-state index contributed by atoms with van der Waals surface area (Å²) < 4.78 is 0. The third kappa shape index (κ3) is 12.7. The lowest BCUT2D eigenvalue weighted by Crippen LogP contribution is -2.36. The smallest absolute Gasteiger partial charge is 0.251 e. The predicted octanol–water partition coefficient (Wildman–Crippen LogP) is 6.54. The van der Waals surface area contributed by atoms with E-state index in [2.05, 4.69) is 31.4 Å². The summed E-state index contributed by atoms with van der Waals surface area (Å²) in [7, 11) is 0. The highest BCUT2D eigenvalue weighted by Gasteiger charge is 2.22. The Labute approximate surface area is 191 Å². The van der Waals surface area contributed by atoms with Crippen molar-refractivity contribution in [2.45, 2.75) is 105 Å². The fraction of sp³-hybridized carbons (Fsp3) is 0.704. The average Bonchev–Trinajstić information content (AvgIpc) is 2.69. The lowest BCUT2D eigenvalue weighted by atomic mass is 9.86. The van der Waals surface area contributed by atoms with Crippen molar-refractivity contribution < 1.29 is 9.59 Å². The van der Waals surface area contributed by atoms with E-state index in [0.29, 0.717) is 17.7 Å². The van der Waals surface area contributed by atoms with Crippen molar-refractivity contribution in [3.63, 3.8) is 0 Å². The van der Waals surface area contributed by atoms with Crippen molar-refractivity contribution in [1.29, 1.82) is 0 Å². The number of hydrogen-bond donors (Lipinski definition) is 2. The number of Topliss-reactive ketones (excluding diaryl/α,β-unsaturated/α-hetero) is 1. The van der Waals surface area contributed by atoms with Crippen LogP contribution in [-0.4, -0.2) is 30.3 Å². The molecule has 0 fully saturated rings. The summed E-state index contributed by atoms with van der Waals surface area (Å²) in [5.74, 6) is 0.0349. The summed E-state index contributed by atoms with van der Waals surface area (Å²) in [6.45, 7) is 14.2. The summed E-state index contributed by atoms with van der Waals surface area (Å²) in [5.41, 5.74) is 1.10. The van der Waals surface area contributed by atoms with Gasteiger partial charge < -0.3 is 10.6 Å². The Hall–Kier alpha value is -1.68. The monoisotopic (exact) mass is 430 g/mol. The van der Waals surface area contributed by atoms with Gasteiger partial charge in [0.1, 0.15) is 0 Å². The van der Waals surface area contributed by atoms with E-state index in [0.717, 1.165) is 19.4 Å². The van der Waals surface area contributed by atoms with Gasteiger partial charge in [-0.2, -0.15) is 0 Å². The third-order valence-electron chi connectivity index (χ3n) is 5.38. The Morgan fingerprint density at radius 2 is 1.06 bits per heavy atom. The van der Waals surface area contributed by atoms with Crippen LogP contribution in [0.1, 0.15) is 120 Å². The number of ketones is 1. The molecule has 0 unspecified atom stereocenters. The third-order valence-corrected chi connectivity index (χ3v) is 5.38. The molecule has 0 spiro atoms. The summed E-state index contributed by atoms with van der Waals surface area (Å²) >= 11 is 0. The first-order valence-electron chi connectivity index (χ1n) is 12.2. The molecule has 0 bridgehead atoms. The highest BCUT2D eigenvalue weighted by molar-refractivity contribution is 6.01. The molecule has 0 atom stereocenters. The van der Waals surface area contributed by atoms with Crippen molar-refractivity contribution in [3.05, 3.63) is 35.4 Å². The van der Waals surface area contributed by atoms with Crippen molar-refractivity contribution in [2.75, 3.05) is 13.1 Å². The van der Waals surface area contributed by atoms with Crippen LogP contribution in [0.5, 0.6) is 0 Å². The maximum absolute atomic E-state index is 12.3. The van der Waals surface area contributed by atoms with Crippen LogP contribution in [0.2, 0.25) is 0 Å². The Balaban J connectivity index is 2.04. The van der Waals surface area contributed by atoms with Crippen molar-refractivity contribution >= 4 is 11.7 Å². The maximum Gasteiger partial charge on any atom is 0.251 e. The van der Waals surface area contributed by atoms with Crippen molar-refractivity contribution in [3.8, 4) is 0 Å². The molecular formula is C27H46N2O2. The molecule has 0 heterocycles. The van der Waals surface area contributed by atoms with E-state index in [1.165, 1.54) is 44.9 Å². The number of amides is 1. The molecular weight excluding hydrogens is 384 g/mol. The largest absolute Gasteiger partial charge is 0.352 e. The molecule has 0 aliphatic carbocycles. The molecule has 0 saturated carbocycles. The molecule has 2 N–H and O–H groups in total.